The minimum atomic E-state index is -0.0704. The Hall–Kier alpha value is -0.590. The Bertz CT molecular complexity index is 476. The zero-order valence-electron chi connectivity index (χ0n) is 13.1. The van der Waals surface area contributed by atoms with Crippen LogP contribution in [0.3, 0.4) is 0 Å². The van der Waals surface area contributed by atoms with Crippen molar-refractivity contribution in [2.45, 2.75) is 71.6 Å². The quantitative estimate of drug-likeness (QED) is 0.573. The van der Waals surface area contributed by atoms with E-state index in [0.29, 0.717) is 11.2 Å². The van der Waals surface area contributed by atoms with Gasteiger partial charge in [0.2, 0.25) is 0 Å². The largest absolute Gasteiger partial charge is 0.298 e. The first-order chi connectivity index (χ1) is 9.56. The Labute approximate surface area is 123 Å². The number of fused-ring (bicyclic) bond motifs is 5. The van der Waals surface area contributed by atoms with E-state index in [2.05, 4.69) is 19.9 Å². The van der Waals surface area contributed by atoms with E-state index in [1.165, 1.54) is 44.9 Å². The van der Waals surface area contributed by atoms with E-state index >= 15 is 0 Å². The second-order valence-corrected chi connectivity index (χ2v) is 8.40. The van der Waals surface area contributed by atoms with Crippen molar-refractivity contribution in [3.63, 3.8) is 0 Å². The van der Waals surface area contributed by atoms with Crippen molar-refractivity contribution in [3.05, 3.63) is 11.6 Å². The molecule has 0 N–H and O–H groups in total. The molecule has 0 aromatic rings. The minimum Gasteiger partial charge on any atom is -0.298 e. The summed E-state index contributed by atoms with van der Waals surface area (Å²) in [5, 5.41) is 0. The average molecular weight is 272 g/mol. The molecule has 20 heavy (non-hydrogen) atoms. The van der Waals surface area contributed by atoms with Crippen molar-refractivity contribution in [1.82, 2.24) is 0 Å². The van der Waals surface area contributed by atoms with Crippen LogP contribution in [0.4, 0.5) is 0 Å². The van der Waals surface area contributed by atoms with Crippen molar-refractivity contribution in [2.75, 3.05) is 0 Å². The van der Waals surface area contributed by atoms with E-state index < -0.39 is 0 Å². The SMILES string of the molecule is CC12CCC3C(CCC4CCCCC43C)C1=CCC2=O. The molecule has 0 bridgehead atoms. The molecule has 3 saturated carbocycles. The van der Waals surface area contributed by atoms with Gasteiger partial charge in [0.05, 0.1) is 0 Å². The van der Waals surface area contributed by atoms with Crippen LogP contribution < -0.4 is 0 Å². The molecule has 4 aliphatic carbocycles. The fourth-order valence-electron chi connectivity index (χ4n) is 6.44. The lowest BCUT2D eigenvalue weighted by molar-refractivity contribution is -0.127. The van der Waals surface area contributed by atoms with Gasteiger partial charge in [-0.3, -0.25) is 4.79 Å². The first-order valence-corrected chi connectivity index (χ1v) is 8.79. The second kappa shape index (κ2) is 4.21. The van der Waals surface area contributed by atoms with Crippen LogP contribution >= 0.6 is 0 Å². The summed E-state index contributed by atoms with van der Waals surface area (Å²) in [6.45, 7) is 4.83. The lowest BCUT2D eigenvalue weighted by Crippen LogP contribution is -2.50. The summed E-state index contributed by atoms with van der Waals surface area (Å²) in [4.78, 5) is 12.3. The van der Waals surface area contributed by atoms with Gasteiger partial charge in [0, 0.05) is 11.8 Å². The monoisotopic (exact) mass is 272 g/mol. The summed E-state index contributed by atoms with van der Waals surface area (Å²) >= 11 is 0. The van der Waals surface area contributed by atoms with E-state index in [1.807, 2.05) is 0 Å². The second-order valence-electron chi connectivity index (χ2n) is 8.40. The van der Waals surface area contributed by atoms with Gasteiger partial charge in [-0.1, -0.05) is 31.4 Å². The number of carbonyl (C=O) groups is 1. The Morgan fingerprint density at radius 2 is 1.90 bits per heavy atom. The fourth-order valence-corrected chi connectivity index (χ4v) is 6.44. The van der Waals surface area contributed by atoms with Gasteiger partial charge < -0.3 is 0 Å². The molecule has 4 rings (SSSR count). The molecule has 0 aromatic heterocycles. The summed E-state index contributed by atoms with van der Waals surface area (Å²) in [6, 6.07) is 0. The number of ketones is 1. The molecule has 1 heteroatoms. The van der Waals surface area contributed by atoms with Crippen LogP contribution in [0, 0.1) is 28.6 Å². The smallest absolute Gasteiger partial charge is 0.146 e. The highest BCUT2D eigenvalue weighted by molar-refractivity contribution is 5.92. The summed E-state index contributed by atoms with van der Waals surface area (Å²) in [7, 11) is 0. The van der Waals surface area contributed by atoms with Crippen molar-refractivity contribution in [3.8, 4) is 0 Å². The van der Waals surface area contributed by atoms with Crippen LogP contribution in [0.1, 0.15) is 71.6 Å². The Morgan fingerprint density at radius 3 is 2.75 bits per heavy atom. The number of hydrogen-bond donors (Lipinski definition) is 0. The van der Waals surface area contributed by atoms with Crippen LogP contribution in [-0.4, -0.2) is 5.78 Å². The van der Waals surface area contributed by atoms with Gasteiger partial charge in [0.1, 0.15) is 5.78 Å². The summed E-state index contributed by atoms with van der Waals surface area (Å²) in [5.41, 5.74) is 2.07. The predicted molar refractivity (Wildman–Crippen MR) is 81.3 cm³/mol. The lowest BCUT2D eigenvalue weighted by atomic mass is 9.46. The number of allylic oxidation sites excluding steroid dienone is 2. The average Bonchev–Trinajstić information content (AvgIpc) is 2.74. The predicted octanol–water partition coefficient (Wildman–Crippen LogP) is 4.91. The summed E-state index contributed by atoms with van der Waals surface area (Å²) in [5.74, 6) is 3.08. The maximum atomic E-state index is 12.3. The standard InChI is InChI=1S/C19H28O/c1-18-11-4-3-5-13(18)6-7-14-15-8-9-17(20)19(15,2)12-10-16(14)18/h8,13-14,16H,3-7,9-12H2,1-2H3. The Kier molecular flexibility index (Phi) is 2.76. The van der Waals surface area contributed by atoms with E-state index in [9.17, 15) is 4.79 Å². The van der Waals surface area contributed by atoms with Crippen molar-refractivity contribution in [2.24, 2.45) is 28.6 Å². The molecule has 0 radical (unpaired) electrons. The van der Waals surface area contributed by atoms with E-state index in [-0.39, 0.29) is 5.41 Å². The van der Waals surface area contributed by atoms with Gasteiger partial charge in [-0.25, -0.2) is 0 Å². The van der Waals surface area contributed by atoms with Crippen LogP contribution in [-0.2, 0) is 4.79 Å². The molecule has 0 saturated heterocycles. The highest BCUT2D eigenvalue weighted by Crippen LogP contribution is 2.64. The van der Waals surface area contributed by atoms with Crippen LogP contribution in [0.25, 0.3) is 0 Å². The van der Waals surface area contributed by atoms with Crippen LogP contribution in [0.15, 0.2) is 11.6 Å². The molecular weight excluding hydrogens is 244 g/mol. The molecular formula is C19H28O. The van der Waals surface area contributed by atoms with Gasteiger partial charge in [0.15, 0.2) is 0 Å². The van der Waals surface area contributed by atoms with Gasteiger partial charge in [-0.2, -0.15) is 0 Å². The molecule has 0 heterocycles. The molecule has 0 aromatic carbocycles. The van der Waals surface area contributed by atoms with Crippen molar-refractivity contribution < 1.29 is 4.79 Å². The highest BCUT2D eigenvalue weighted by Gasteiger charge is 2.56. The van der Waals surface area contributed by atoms with Gasteiger partial charge >= 0.3 is 0 Å². The van der Waals surface area contributed by atoms with E-state index in [1.54, 1.807) is 5.57 Å². The van der Waals surface area contributed by atoms with Gasteiger partial charge in [-0.15, -0.1) is 0 Å². The van der Waals surface area contributed by atoms with E-state index in [0.717, 1.165) is 30.6 Å². The molecule has 1 nitrogen and oxygen atoms in total. The number of carbonyl (C=O) groups excluding carboxylic acids is 1. The number of hydrogen-bond acceptors (Lipinski definition) is 1. The normalized spacial score (nSPS) is 51.0. The number of rotatable bonds is 0. The molecule has 0 amide bonds. The summed E-state index contributed by atoms with van der Waals surface area (Å²) < 4.78 is 0. The first kappa shape index (κ1) is 13.1. The molecule has 5 atom stereocenters. The van der Waals surface area contributed by atoms with Gasteiger partial charge in [0.25, 0.3) is 0 Å². The topological polar surface area (TPSA) is 17.1 Å². The number of Topliss-reactive ketones (excluding diaryl/α,β-unsaturated/α-hetero) is 1. The molecule has 4 aliphatic rings. The maximum absolute atomic E-state index is 12.3. The fraction of sp³-hybridized carbons (Fsp3) is 0.842. The molecule has 110 valence electrons. The van der Waals surface area contributed by atoms with Gasteiger partial charge in [-0.05, 0) is 68.6 Å². The Balaban J connectivity index is 1.70. The van der Waals surface area contributed by atoms with Crippen LogP contribution in [0.2, 0.25) is 0 Å². The van der Waals surface area contributed by atoms with Crippen molar-refractivity contribution in [1.29, 1.82) is 0 Å². The van der Waals surface area contributed by atoms with Crippen LogP contribution in [0.5, 0.6) is 0 Å². The zero-order chi connectivity index (χ0) is 14.0. The minimum absolute atomic E-state index is 0.0704. The third-order valence-electron chi connectivity index (χ3n) is 7.72. The third-order valence-corrected chi connectivity index (χ3v) is 7.72. The molecule has 5 unspecified atom stereocenters. The van der Waals surface area contributed by atoms with Crippen molar-refractivity contribution >= 4 is 5.78 Å². The Morgan fingerprint density at radius 1 is 1.05 bits per heavy atom. The lowest BCUT2D eigenvalue weighted by Gasteiger charge is -2.58. The molecule has 0 aliphatic heterocycles. The first-order valence-electron chi connectivity index (χ1n) is 8.79. The third kappa shape index (κ3) is 1.53. The highest BCUT2D eigenvalue weighted by atomic mass is 16.1. The van der Waals surface area contributed by atoms with E-state index in [4.69, 9.17) is 0 Å². The summed E-state index contributed by atoms with van der Waals surface area (Å²) in [6.07, 6.45) is 14.0. The molecule has 3 fully saturated rings. The molecule has 0 spiro atoms. The maximum Gasteiger partial charge on any atom is 0.146 e. The zero-order valence-corrected chi connectivity index (χ0v) is 13.1.